The summed E-state index contributed by atoms with van der Waals surface area (Å²) in [6.07, 6.45) is 0. The van der Waals surface area contributed by atoms with Crippen LogP contribution in [0.15, 0.2) is 18.2 Å². The maximum absolute atomic E-state index is 5.94. The van der Waals surface area contributed by atoms with Crippen LogP contribution >= 0.6 is 24.0 Å². The summed E-state index contributed by atoms with van der Waals surface area (Å²) in [5, 5.41) is 0.646. The van der Waals surface area contributed by atoms with E-state index in [2.05, 4.69) is 0 Å². The fraction of sp³-hybridized carbons (Fsp3) is 0.400. The molecule has 1 aromatic rings. The second-order valence-corrected chi connectivity index (χ2v) is 4.04. The van der Waals surface area contributed by atoms with E-state index in [1.54, 1.807) is 13.2 Å². The smallest absolute Gasteiger partial charge is 0.120 e. The van der Waals surface area contributed by atoms with Crippen molar-refractivity contribution in [3.63, 3.8) is 0 Å². The van der Waals surface area contributed by atoms with Crippen LogP contribution in [0.1, 0.15) is 19.4 Å². The fourth-order valence-corrected chi connectivity index (χ4v) is 1.28. The molecule has 0 aliphatic heterocycles. The zero-order valence-corrected chi connectivity index (χ0v) is 10.1. The molecule has 0 fully saturated rings. The van der Waals surface area contributed by atoms with Crippen LogP contribution < -0.4 is 10.5 Å². The van der Waals surface area contributed by atoms with Crippen LogP contribution in [-0.2, 0) is 5.54 Å². The molecule has 0 saturated carbocycles. The number of halogens is 2. The lowest BCUT2D eigenvalue weighted by Gasteiger charge is -2.20. The molecule has 0 bridgehead atoms. The first-order valence-electron chi connectivity index (χ1n) is 4.07. The van der Waals surface area contributed by atoms with Crippen molar-refractivity contribution < 1.29 is 4.74 Å². The average Bonchev–Trinajstić information content (AvgIpc) is 2.01. The van der Waals surface area contributed by atoms with Gasteiger partial charge in [0.2, 0.25) is 0 Å². The quantitative estimate of drug-likeness (QED) is 0.856. The van der Waals surface area contributed by atoms with Gasteiger partial charge in [0.25, 0.3) is 0 Å². The van der Waals surface area contributed by atoms with E-state index in [9.17, 15) is 0 Å². The van der Waals surface area contributed by atoms with Crippen LogP contribution in [0, 0.1) is 0 Å². The summed E-state index contributed by atoms with van der Waals surface area (Å²) in [4.78, 5) is 0. The molecule has 0 heterocycles. The van der Waals surface area contributed by atoms with Gasteiger partial charge in [0.05, 0.1) is 7.11 Å². The minimum Gasteiger partial charge on any atom is -0.497 e. The minimum atomic E-state index is -0.391. The third-order valence-corrected chi connectivity index (χ3v) is 2.07. The fourth-order valence-electron chi connectivity index (χ4n) is 1.05. The summed E-state index contributed by atoms with van der Waals surface area (Å²) in [5.41, 5.74) is 6.51. The van der Waals surface area contributed by atoms with Gasteiger partial charge < -0.3 is 10.5 Å². The Labute approximate surface area is 95.8 Å². The van der Waals surface area contributed by atoms with E-state index in [0.29, 0.717) is 5.02 Å². The Hall–Kier alpha value is -0.440. The van der Waals surface area contributed by atoms with Crippen molar-refractivity contribution in [3.05, 3.63) is 28.8 Å². The van der Waals surface area contributed by atoms with E-state index < -0.39 is 5.54 Å². The molecular weight excluding hydrogens is 221 g/mol. The predicted octanol–water partition coefficient (Wildman–Crippen LogP) is 2.96. The van der Waals surface area contributed by atoms with Gasteiger partial charge in [0.15, 0.2) is 0 Å². The molecule has 2 N–H and O–H groups in total. The maximum Gasteiger partial charge on any atom is 0.120 e. The van der Waals surface area contributed by atoms with Crippen molar-refractivity contribution in [2.45, 2.75) is 19.4 Å². The highest BCUT2D eigenvalue weighted by Crippen LogP contribution is 2.26. The summed E-state index contributed by atoms with van der Waals surface area (Å²) in [6, 6.07) is 5.51. The Morgan fingerprint density at radius 2 is 1.86 bits per heavy atom. The number of rotatable bonds is 2. The van der Waals surface area contributed by atoms with Crippen molar-refractivity contribution in [3.8, 4) is 5.75 Å². The molecule has 80 valence electrons. The molecule has 14 heavy (non-hydrogen) atoms. The molecule has 1 aromatic carbocycles. The summed E-state index contributed by atoms with van der Waals surface area (Å²) in [6.45, 7) is 3.86. The van der Waals surface area contributed by atoms with Crippen LogP contribution in [0.4, 0.5) is 0 Å². The lowest BCUT2D eigenvalue weighted by atomic mass is 9.96. The van der Waals surface area contributed by atoms with Crippen molar-refractivity contribution in [1.82, 2.24) is 0 Å². The van der Waals surface area contributed by atoms with E-state index >= 15 is 0 Å². The molecule has 1 rings (SSSR count). The predicted molar refractivity (Wildman–Crippen MR) is 62.5 cm³/mol. The van der Waals surface area contributed by atoms with Crippen molar-refractivity contribution >= 4 is 24.0 Å². The van der Waals surface area contributed by atoms with Gasteiger partial charge >= 0.3 is 0 Å². The summed E-state index contributed by atoms with van der Waals surface area (Å²) in [7, 11) is 1.61. The van der Waals surface area contributed by atoms with Crippen LogP contribution in [-0.4, -0.2) is 7.11 Å². The zero-order valence-electron chi connectivity index (χ0n) is 8.50. The van der Waals surface area contributed by atoms with Gasteiger partial charge in [-0.2, -0.15) is 0 Å². The number of benzene rings is 1. The van der Waals surface area contributed by atoms with Gasteiger partial charge in [0.1, 0.15) is 5.75 Å². The van der Waals surface area contributed by atoms with Gasteiger partial charge in [-0.15, -0.1) is 12.4 Å². The third-order valence-electron chi connectivity index (χ3n) is 1.85. The summed E-state index contributed by atoms with van der Waals surface area (Å²) >= 11 is 5.90. The van der Waals surface area contributed by atoms with E-state index in [0.717, 1.165) is 11.3 Å². The zero-order chi connectivity index (χ0) is 10.1. The molecule has 0 atom stereocenters. The Balaban J connectivity index is 0.00000169. The molecule has 0 spiro atoms. The van der Waals surface area contributed by atoms with Gasteiger partial charge in [-0.3, -0.25) is 0 Å². The van der Waals surface area contributed by atoms with Crippen molar-refractivity contribution in [2.24, 2.45) is 5.73 Å². The van der Waals surface area contributed by atoms with Crippen molar-refractivity contribution in [2.75, 3.05) is 7.11 Å². The van der Waals surface area contributed by atoms with Gasteiger partial charge in [0, 0.05) is 10.6 Å². The van der Waals surface area contributed by atoms with Crippen LogP contribution in [0.5, 0.6) is 5.75 Å². The Morgan fingerprint density at radius 1 is 1.29 bits per heavy atom. The summed E-state index contributed by atoms with van der Waals surface area (Å²) in [5.74, 6) is 0.737. The lowest BCUT2D eigenvalue weighted by Crippen LogP contribution is -2.28. The first kappa shape index (κ1) is 13.6. The topological polar surface area (TPSA) is 35.2 Å². The first-order chi connectivity index (χ1) is 5.93. The number of hydrogen-bond donors (Lipinski definition) is 1. The van der Waals surface area contributed by atoms with Crippen molar-refractivity contribution in [1.29, 1.82) is 0 Å². The molecule has 0 radical (unpaired) electrons. The molecule has 0 amide bonds. The van der Waals surface area contributed by atoms with Crippen LogP contribution in [0.25, 0.3) is 0 Å². The van der Waals surface area contributed by atoms with Gasteiger partial charge in [-0.05, 0) is 37.6 Å². The highest BCUT2D eigenvalue weighted by Gasteiger charge is 2.15. The molecule has 0 unspecified atom stereocenters. The van der Waals surface area contributed by atoms with E-state index in [4.69, 9.17) is 22.1 Å². The Bertz CT molecular complexity index is 307. The number of hydrogen-bond acceptors (Lipinski definition) is 2. The lowest BCUT2D eigenvalue weighted by molar-refractivity contribution is 0.412. The Morgan fingerprint density at radius 3 is 2.29 bits per heavy atom. The van der Waals surface area contributed by atoms with Crippen LogP contribution in [0.2, 0.25) is 5.02 Å². The molecule has 0 saturated heterocycles. The SMILES string of the molecule is COc1cc(Cl)cc(C(C)(C)N)c1.Cl. The molecule has 4 heteroatoms. The van der Waals surface area contributed by atoms with E-state index in [-0.39, 0.29) is 12.4 Å². The van der Waals surface area contributed by atoms with E-state index in [1.165, 1.54) is 0 Å². The second-order valence-electron chi connectivity index (χ2n) is 3.60. The van der Waals surface area contributed by atoms with E-state index in [1.807, 2.05) is 26.0 Å². The number of ether oxygens (including phenoxy) is 1. The normalized spacial score (nSPS) is 10.6. The second kappa shape index (κ2) is 4.87. The highest BCUT2D eigenvalue weighted by atomic mass is 35.5. The molecule has 0 aliphatic rings. The monoisotopic (exact) mass is 235 g/mol. The van der Waals surface area contributed by atoms with Gasteiger partial charge in [-0.1, -0.05) is 11.6 Å². The third kappa shape index (κ3) is 3.37. The summed E-state index contributed by atoms with van der Waals surface area (Å²) < 4.78 is 5.09. The molecule has 0 aliphatic carbocycles. The Kier molecular flexibility index (Phi) is 4.72. The molecular formula is C10H15Cl2NO. The minimum absolute atomic E-state index is 0. The highest BCUT2D eigenvalue weighted by molar-refractivity contribution is 6.30. The molecule has 0 aromatic heterocycles. The maximum atomic E-state index is 5.94. The molecule has 2 nitrogen and oxygen atoms in total. The van der Waals surface area contributed by atoms with Crippen LogP contribution in [0.3, 0.4) is 0 Å². The first-order valence-corrected chi connectivity index (χ1v) is 4.45. The number of nitrogens with two attached hydrogens (primary N) is 1. The average molecular weight is 236 g/mol. The van der Waals surface area contributed by atoms with Gasteiger partial charge in [-0.25, -0.2) is 0 Å². The standard InChI is InChI=1S/C10H14ClNO.ClH/c1-10(2,12)7-4-8(11)6-9(5-7)13-3;/h4-6H,12H2,1-3H3;1H. The largest absolute Gasteiger partial charge is 0.497 e. The number of methoxy groups -OCH3 is 1.